The minimum Gasteiger partial charge on any atom is -0.352 e. The summed E-state index contributed by atoms with van der Waals surface area (Å²) in [6, 6.07) is 9.10. The average molecular weight is 333 g/mol. The van der Waals surface area contributed by atoms with Gasteiger partial charge in [-0.25, -0.2) is 13.1 Å². The second-order valence-corrected chi connectivity index (χ2v) is 8.17. The molecule has 23 heavy (non-hydrogen) atoms. The topological polar surface area (TPSA) is 81.1 Å². The van der Waals surface area contributed by atoms with Crippen molar-refractivity contribution in [3.05, 3.63) is 48.3 Å². The zero-order chi connectivity index (χ0) is 16.4. The van der Waals surface area contributed by atoms with Crippen molar-refractivity contribution in [2.75, 3.05) is 0 Å². The molecule has 1 saturated carbocycles. The van der Waals surface area contributed by atoms with Crippen molar-refractivity contribution in [1.29, 1.82) is 0 Å². The van der Waals surface area contributed by atoms with Crippen LogP contribution >= 0.6 is 0 Å². The molecule has 1 unspecified atom stereocenters. The lowest BCUT2D eigenvalue weighted by Gasteiger charge is -2.13. The first-order valence-electron chi connectivity index (χ1n) is 7.56. The average Bonchev–Trinajstić information content (AvgIpc) is 3.16. The summed E-state index contributed by atoms with van der Waals surface area (Å²) in [6.07, 6.45) is 5.37. The first-order valence-corrected chi connectivity index (χ1v) is 9.28. The van der Waals surface area contributed by atoms with Crippen LogP contribution in [-0.4, -0.2) is 35.4 Å². The molecule has 3 rings (SSSR count). The van der Waals surface area contributed by atoms with Gasteiger partial charge >= 0.3 is 0 Å². The normalized spacial score (nSPS) is 16.0. The zero-order valence-corrected chi connectivity index (χ0v) is 13.7. The number of rotatable bonds is 6. The van der Waals surface area contributed by atoms with Gasteiger partial charge in [-0.15, -0.1) is 0 Å². The summed E-state index contributed by atoms with van der Waals surface area (Å²) < 4.78 is 26.5. The predicted octanol–water partition coefficient (Wildman–Crippen LogP) is 1.45. The van der Waals surface area contributed by atoms with Crippen molar-refractivity contribution in [2.24, 2.45) is 0 Å². The fourth-order valence-electron chi connectivity index (χ4n) is 2.23. The fraction of sp³-hybridized carbons (Fsp3) is 0.375. The van der Waals surface area contributed by atoms with E-state index in [2.05, 4.69) is 10.4 Å². The van der Waals surface area contributed by atoms with Gasteiger partial charge in [0.2, 0.25) is 5.91 Å². The van der Waals surface area contributed by atoms with Crippen molar-refractivity contribution in [3.8, 4) is 5.69 Å². The van der Waals surface area contributed by atoms with Crippen LogP contribution in [-0.2, 0) is 20.4 Å². The van der Waals surface area contributed by atoms with E-state index in [1.165, 1.54) is 6.92 Å². The van der Waals surface area contributed by atoms with Gasteiger partial charge in [0, 0.05) is 18.4 Å². The van der Waals surface area contributed by atoms with Gasteiger partial charge in [-0.1, -0.05) is 12.1 Å². The molecule has 0 aliphatic heterocycles. The van der Waals surface area contributed by atoms with Crippen LogP contribution in [0.15, 0.2) is 42.7 Å². The Morgan fingerprint density at radius 1 is 1.35 bits per heavy atom. The summed E-state index contributed by atoms with van der Waals surface area (Å²) >= 11 is 0. The van der Waals surface area contributed by atoms with Crippen LogP contribution < -0.4 is 5.32 Å². The lowest BCUT2D eigenvalue weighted by atomic mass is 10.2. The van der Waals surface area contributed by atoms with E-state index in [1.807, 2.05) is 24.4 Å². The minimum absolute atomic E-state index is 0.147. The lowest BCUT2D eigenvalue weighted by Crippen LogP contribution is -2.39. The Morgan fingerprint density at radius 3 is 2.61 bits per heavy atom. The molecule has 1 aliphatic carbocycles. The Labute approximate surface area is 135 Å². The van der Waals surface area contributed by atoms with Crippen LogP contribution in [0.5, 0.6) is 0 Å². The van der Waals surface area contributed by atoms with E-state index in [0.717, 1.165) is 18.5 Å². The number of carbonyl (C=O) groups excluding carboxylic acids is 1. The maximum atomic E-state index is 12.4. The van der Waals surface area contributed by atoms with E-state index >= 15 is 0 Å². The largest absolute Gasteiger partial charge is 0.352 e. The Morgan fingerprint density at radius 2 is 2.04 bits per heavy atom. The number of hydrogen-bond donors (Lipinski definition) is 1. The molecule has 1 N–H and O–H groups in total. The number of benzene rings is 1. The molecule has 122 valence electrons. The quantitative estimate of drug-likeness (QED) is 0.868. The molecule has 0 radical (unpaired) electrons. The Hall–Kier alpha value is -2.15. The maximum Gasteiger partial charge on any atom is 0.238 e. The smallest absolute Gasteiger partial charge is 0.238 e. The monoisotopic (exact) mass is 333 g/mol. The molecule has 0 bridgehead atoms. The standard InChI is InChI=1S/C16H19N3O3S/c1-12(16(20)18-14-5-6-14)23(21,22)11-13-3-7-15(8-4-13)19-10-2-9-17-19/h2-4,7-10,12,14H,5-6,11H2,1H3,(H,18,20). The molecule has 1 aromatic carbocycles. The molecular weight excluding hydrogens is 314 g/mol. The zero-order valence-electron chi connectivity index (χ0n) is 12.8. The van der Waals surface area contributed by atoms with E-state index in [9.17, 15) is 13.2 Å². The second-order valence-electron chi connectivity index (χ2n) is 5.85. The van der Waals surface area contributed by atoms with Crippen LogP contribution in [0.3, 0.4) is 0 Å². The molecule has 1 aliphatic rings. The molecule has 2 aromatic rings. The van der Waals surface area contributed by atoms with Gasteiger partial charge in [-0.3, -0.25) is 4.79 Å². The highest BCUT2D eigenvalue weighted by Crippen LogP contribution is 2.20. The lowest BCUT2D eigenvalue weighted by molar-refractivity contribution is -0.120. The van der Waals surface area contributed by atoms with Gasteiger partial charge in [0.1, 0.15) is 5.25 Å². The van der Waals surface area contributed by atoms with Crippen LogP contribution in [0.2, 0.25) is 0 Å². The molecule has 1 amide bonds. The van der Waals surface area contributed by atoms with Crippen LogP contribution in [0.25, 0.3) is 5.69 Å². The highest BCUT2D eigenvalue weighted by molar-refractivity contribution is 7.92. The number of hydrogen-bond acceptors (Lipinski definition) is 4. The molecular formula is C16H19N3O3S. The van der Waals surface area contributed by atoms with E-state index in [4.69, 9.17) is 0 Å². The van der Waals surface area contributed by atoms with Crippen molar-refractivity contribution in [2.45, 2.75) is 36.8 Å². The molecule has 0 spiro atoms. The van der Waals surface area contributed by atoms with Crippen molar-refractivity contribution < 1.29 is 13.2 Å². The maximum absolute atomic E-state index is 12.4. The summed E-state index contributed by atoms with van der Waals surface area (Å²) in [4.78, 5) is 11.9. The predicted molar refractivity (Wildman–Crippen MR) is 86.8 cm³/mol. The second kappa shape index (κ2) is 6.16. The number of amides is 1. The third-order valence-electron chi connectivity index (χ3n) is 3.90. The minimum atomic E-state index is -3.53. The Kier molecular flexibility index (Phi) is 4.21. The van der Waals surface area contributed by atoms with Crippen molar-refractivity contribution in [1.82, 2.24) is 15.1 Å². The van der Waals surface area contributed by atoms with Gasteiger partial charge in [-0.2, -0.15) is 5.10 Å². The summed E-state index contributed by atoms with van der Waals surface area (Å²) in [7, 11) is -3.53. The highest BCUT2D eigenvalue weighted by atomic mass is 32.2. The number of nitrogens with zero attached hydrogens (tertiary/aromatic N) is 2. The van der Waals surface area contributed by atoms with Crippen LogP contribution in [0, 0.1) is 0 Å². The molecule has 7 heteroatoms. The molecule has 6 nitrogen and oxygen atoms in total. The SMILES string of the molecule is CC(C(=O)NC1CC1)S(=O)(=O)Cc1ccc(-n2cccn2)cc1. The molecule has 0 saturated heterocycles. The molecule has 1 atom stereocenters. The summed E-state index contributed by atoms with van der Waals surface area (Å²) in [5.41, 5.74) is 1.52. The van der Waals surface area contributed by atoms with Gasteiger partial charge < -0.3 is 5.32 Å². The number of nitrogens with one attached hydrogen (secondary N) is 1. The fourth-order valence-corrected chi connectivity index (χ4v) is 3.53. The first-order chi connectivity index (χ1) is 11.0. The van der Waals surface area contributed by atoms with E-state index < -0.39 is 21.0 Å². The molecule has 1 aromatic heterocycles. The van der Waals surface area contributed by atoms with Gasteiger partial charge in [-0.05, 0) is 43.5 Å². The third-order valence-corrected chi connectivity index (χ3v) is 5.93. The van der Waals surface area contributed by atoms with Crippen molar-refractivity contribution in [3.63, 3.8) is 0 Å². The van der Waals surface area contributed by atoms with E-state index in [0.29, 0.717) is 5.56 Å². The van der Waals surface area contributed by atoms with E-state index in [1.54, 1.807) is 23.0 Å². The summed E-state index contributed by atoms with van der Waals surface area (Å²) in [6.45, 7) is 1.45. The summed E-state index contributed by atoms with van der Waals surface area (Å²) in [5, 5.41) is 5.83. The van der Waals surface area contributed by atoms with Crippen molar-refractivity contribution >= 4 is 15.7 Å². The Balaban J connectivity index is 1.68. The number of aromatic nitrogens is 2. The highest BCUT2D eigenvalue weighted by Gasteiger charge is 2.32. The molecule has 1 heterocycles. The van der Waals surface area contributed by atoms with Gasteiger partial charge in [0.25, 0.3) is 0 Å². The number of sulfone groups is 1. The van der Waals surface area contributed by atoms with E-state index in [-0.39, 0.29) is 11.8 Å². The molecule has 1 fully saturated rings. The summed E-state index contributed by atoms with van der Waals surface area (Å²) in [5.74, 6) is -0.549. The Bertz CT molecular complexity index is 778. The third kappa shape index (κ3) is 3.79. The van der Waals surface area contributed by atoms with Gasteiger partial charge in [0.05, 0.1) is 11.4 Å². The van der Waals surface area contributed by atoms with Crippen LogP contribution in [0.4, 0.5) is 0 Å². The first kappa shape index (κ1) is 15.7. The number of carbonyl (C=O) groups is 1. The van der Waals surface area contributed by atoms with Crippen LogP contribution in [0.1, 0.15) is 25.3 Å². The van der Waals surface area contributed by atoms with Gasteiger partial charge in [0.15, 0.2) is 9.84 Å².